The van der Waals surface area contributed by atoms with Crippen LogP contribution in [0.4, 0.5) is 5.69 Å². The van der Waals surface area contributed by atoms with Gasteiger partial charge in [0.15, 0.2) is 0 Å². The Morgan fingerprint density at radius 1 is 1.25 bits per heavy atom. The molecular weight excluding hydrogens is 308 g/mol. The van der Waals surface area contributed by atoms with Crippen molar-refractivity contribution in [2.45, 2.75) is 26.3 Å². The second-order valence-electron chi connectivity index (χ2n) is 5.91. The van der Waals surface area contributed by atoms with E-state index in [4.69, 9.17) is 9.47 Å². The van der Waals surface area contributed by atoms with Crippen molar-refractivity contribution in [2.75, 3.05) is 44.9 Å². The van der Waals surface area contributed by atoms with E-state index in [0.717, 1.165) is 38.4 Å². The van der Waals surface area contributed by atoms with Crippen LogP contribution in [0.15, 0.2) is 24.3 Å². The van der Waals surface area contributed by atoms with Crippen molar-refractivity contribution in [1.82, 2.24) is 4.90 Å². The number of rotatable bonds is 6. The fourth-order valence-electron chi connectivity index (χ4n) is 2.65. The number of hydrogen-bond donors (Lipinski definition) is 0. The molecule has 1 saturated heterocycles. The van der Waals surface area contributed by atoms with Crippen LogP contribution in [0.5, 0.6) is 0 Å². The monoisotopic (exact) mass is 334 g/mol. The predicted octanol–water partition coefficient (Wildman–Crippen LogP) is 1.94. The number of esters is 1. The third kappa shape index (κ3) is 4.47. The van der Waals surface area contributed by atoms with Gasteiger partial charge in [-0.2, -0.15) is 0 Å². The molecule has 0 spiro atoms. The lowest BCUT2D eigenvalue weighted by molar-refractivity contribution is -0.141. The average molecular weight is 334 g/mol. The van der Waals surface area contributed by atoms with Gasteiger partial charge in [0.1, 0.15) is 6.54 Å². The van der Waals surface area contributed by atoms with Crippen LogP contribution in [0.3, 0.4) is 0 Å². The van der Waals surface area contributed by atoms with Crippen LogP contribution in [0.1, 0.15) is 30.6 Å². The van der Waals surface area contributed by atoms with Gasteiger partial charge in [-0.25, -0.2) is 0 Å². The van der Waals surface area contributed by atoms with Gasteiger partial charge in [0, 0.05) is 30.4 Å². The van der Waals surface area contributed by atoms with Gasteiger partial charge in [0.05, 0.1) is 20.3 Å². The van der Waals surface area contributed by atoms with Crippen molar-refractivity contribution in [1.29, 1.82) is 0 Å². The van der Waals surface area contributed by atoms with E-state index < -0.39 is 5.97 Å². The zero-order valence-corrected chi connectivity index (χ0v) is 14.7. The lowest BCUT2D eigenvalue weighted by Gasteiger charge is -2.30. The quantitative estimate of drug-likeness (QED) is 0.744. The molecule has 0 radical (unpaired) electrons. The van der Waals surface area contributed by atoms with Crippen molar-refractivity contribution >= 4 is 17.6 Å². The molecule has 132 valence electrons. The van der Waals surface area contributed by atoms with E-state index >= 15 is 0 Å². The molecule has 1 atom stereocenters. The molecular formula is C18H26N2O4. The fraction of sp³-hybridized carbons (Fsp3) is 0.556. The first-order valence-electron chi connectivity index (χ1n) is 8.37. The van der Waals surface area contributed by atoms with Crippen LogP contribution in [0.25, 0.3) is 0 Å². The maximum Gasteiger partial charge on any atom is 0.325 e. The van der Waals surface area contributed by atoms with E-state index in [9.17, 15) is 9.59 Å². The third-order valence-corrected chi connectivity index (χ3v) is 4.40. The molecule has 1 unspecified atom stereocenters. The highest BCUT2D eigenvalue weighted by Crippen LogP contribution is 2.18. The summed E-state index contributed by atoms with van der Waals surface area (Å²) in [5.41, 5.74) is 1.66. The number of carbonyl (C=O) groups is 2. The van der Waals surface area contributed by atoms with Crippen LogP contribution in [0, 0.1) is 0 Å². The van der Waals surface area contributed by atoms with Crippen molar-refractivity contribution in [3.8, 4) is 0 Å². The largest absolute Gasteiger partial charge is 0.468 e. The summed E-state index contributed by atoms with van der Waals surface area (Å²) in [6, 6.07) is 7.51. The Hall–Kier alpha value is -2.08. The highest BCUT2D eigenvalue weighted by molar-refractivity contribution is 5.96. The summed E-state index contributed by atoms with van der Waals surface area (Å²) in [7, 11) is 1.33. The number of amides is 1. The van der Waals surface area contributed by atoms with E-state index in [1.54, 1.807) is 4.90 Å². The molecule has 6 nitrogen and oxygen atoms in total. The molecule has 1 aromatic carbocycles. The first-order chi connectivity index (χ1) is 11.6. The minimum absolute atomic E-state index is 0.0319. The average Bonchev–Trinajstić information content (AvgIpc) is 2.65. The lowest BCUT2D eigenvalue weighted by atomic mass is 10.1. The second-order valence-corrected chi connectivity index (χ2v) is 5.91. The van der Waals surface area contributed by atoms with E-state index in [2.05, 4.69) is 4.90 Å². The zero-order chi connectivity index (χ0) is 17.5. The molecule has 1 heterocycles. The summed E-state index contributed by atoms with van der Waals surface area (Å²) in [6.07, 6.45) is 0.772. The highest BCUT2D eigenvalue weighted by atomic mass is 16.5. The molecule has 1 aliphatic rings. The second kappa shape index (κ2) is 8.68. The SMILES string of the molecule is CCC(C)N(CC(=O)OC)C(=O)c1ccc(N2CCOCC2)cc1. The van der Waals surface area contributed by atoms with Crippen molar-refractivity contribution in [2.24, 2.45) is 0 Å². The Balaban J connectivity index is 2.12. The summed E-state index contributed by atoms with van der Waals surface area (Å²) in [5.74, 6) is -0.558. The molecule has 6 heteroatoms. The lowest BCUT2D eigenvalue weighted by Crippen LogP contribution is -2.42. The smallest absolute Gasteiger partial charge is 0.325 e. The molecule has 0 aliphatic carbocycles. The van der Waals surface area contributed by atoms with Gasteiger partial charge in [-0.1, -0.05) is 6.92 Å². The first kappa shape index (κ1) is 18.3. The topological polar surface area (TPSA) is 59.1 Å². The van der Waals surface area contributed by atoms with Crippen molar-refractivity contribution < 1.29 is 19.1 Å². The van der Waals surface area contributed by atoms with Crippen LogP contribution < -0.4 is 4.90 Å². The standard InChI is InChI=1S/C18H26N2O4/c1-4-14(2)20(13-17(21)23-3)18(22)15-5-7-16(8-6-15)19-9-11-24-12-10-19/h5-8,14H,4,9-13H2,1-3H3. The maximum absolute atomic E-state index is 12.8. The van der Waals surface area contributed by atoms with Gasteiger partial charge in [0.25, 0.3) is 5.91 Å². The van der Waals surface area contributed by atoms with Crippen LogP contribution in [-0.2, 0) is 14.3 Å². The minimum atomic E-state index is -0.409. The van der Waals surface area contributed by atoms with Crippen LogP contribution in [0.2, 0.25) is 0 Å². The molecule has 1 fully saturated rings. The number of morpholine rings is 1. The third-order valence-electron chi connectivity index (χ3n) is 4.40. The van der Waals surface area contributed by atoms with Crippen molar-refractivity contribution in [3.05, 3.63) is 29.8 Å². The number of carbonyl (C=O) groups excluding carboxylic acids is 2. The van der Waals surface area contributed by atoms with Crippen molar-refractivity contribution in [3.63, 3.8) is 0 Å². The normalized spacial score (nSPS) is 15.7. The van der Waals surface area contributed by atoms with Gasteiger partial charge in [-0.15, -0.1) is 0 Å². The number of methoxy groups -OCH3 is 1. The molecule has 0 bridgehead atoms. The van der Waals surface area contributed by atoms with Gasteiger partial charge >= 0.3 is 5.97 Å². The van der Waals surface area contributed by atoms with E-state index in [-0.39, 0.29) is 18.5 Å². The zero-order valence-electron chi connectivity index (χ0n) is 14.7. The molecule has 0 saturated carbocycles. The Kier molecular flexibility index (Phi) is 6.61. The molecule has 0 aromatic heterocycles. The molecule has 1 amide bonds. The molecule has 0 N–H and O–H groups in total. The summed E-state index contributed by atoms with van der Waals surface area (Å²) in [6.45, 7) is 7.05. The Bertz CT molecular complexity index is 553. The minimum Gasteiger partial charge on any atom is -0.468 e. The summed E-state index contributed by atoms with van der Waals surface area (Å²) < 4.78 is 10.1. The predicted molar refractivity (Wildman–Crippen MR) is 92.3 cm³/mol. The van der Waals surface area contributed by atoms with Crippen LogP contribution >= 0.6 is 0 Å². The number of ether oxygens (including phenoxy) is 2. The first-order valence-corrected chi connectivity index (χ1v) is 8.37. The Morgan fingerprint density at radius 2 is 1.88 bits per heavy atom. The number of nitrogens with zero attached hydrogens (tertiary/aromatic N) is 2. The number of hydrogen-bond acceptors (Lipinski definition) is 5. The summed E-state index contributed by atoms with van der Waals surface area (Å²) in [5, 5.41) is 0. The molecule has 2 rings (SSSR count). The van der Waals surface area contributed by atoms with Gasteiger partial charge in [0.2, 0.25) is 0 Å². The van der Waals surface area contributed by atoms with E-state index in [1.165, 1.54) is 7.11 Å². The summed E-state index contributed by atoms with van der Waals surface area (Å²) >= 11 is 0. The molecule has 24 heavy (non-hydrogen) atoms. The van der Waals surface area contributed by atoms with Gasteiger partial charge in [-0.05, 0) is 37.6 Å². The maximum atomic E-state index is 12.8. The van der Waals surface area contributed by atoms with Gasteiger partial charge < -0.3 is 19.3 Å². The number of anilines is 1. The Labute approximate surface area is 143 Å². The fourth-order valence-corrected chi connectivity index (χ4v) is 2.65. The summed E-state index contributed by atoms with van der Waals surface area (Å²) in [4.78, 5) is 28.2. The van der Waals surface area contributed by atoms with Crippen LogP contribution in [-0.4, -0.2) is 62.8 Å². The van der Waals surface area contributed by atoms with E-state index in [1.807, 2.05) is 38.1 Å². The van der Waals surface area contributed by atoms with Gasteiger partial charge in [-0.3, -0.25) is 9.59 Å². The molecule has 1 aliphatic heterocycles. The molecule has 1 aromatic rings. The highest BCUT2D eigenvalue weighted by Gasteiger charge is 2.23. The Morgan fingerprint density at radius 3 is 2.42 bits per heavy atom. The number of benzene rings is 1. The van der Waals surface area contributed by atoms with E-state index in [0.29, 0.717) is 5.56 Å².